The number of hydrogen-bond acceptors (Lipinski definition) is 3. The fourth-order valence-electron chi connectivity index (χ4n) is 2.89. The van der Waals surface area contributed by atoms with Crippen molar-refractivity contribution in [1.29, 1.82) is 5.26 Å². The van der Waals surface area contributed by atoms with Gasteiger partial charge in [-0.25, -0.2) is 4.79 Å². The number of nitriles is 1. The summed E-state index contributed by atoms with van der Waals surface area (Å²) in [5.41, 5.74) is 5.64. The van der Waals surface area contributed by atoms with Crippen molar-refractivity contribution in [3.63, 3.8) is 0 Å². The number of benzene rings is 3. The van der Waals surface area contributed by atoms with Gasteiger partial charge in [0.15, 0.2) is 0 Å². The number of nitrogens with zero attached hydrogens (tertiary/aromatic N) is 1. The molecule has 3 heteroatoms. The van der Waals surface area contributed by atoms with Gasteiger partial charge in [0.25, 0.3) is 0 Å². The molecule has 128 valence electrons. The minimum absolute atomic E-state index is 0.223. The van der Waals surface area contributed by atoms with E-state index in [1.54, 1.807) is 18.2 Å². The minimum Gasteiger partial charge on any atom is -0.457 e. The number of hydrogen-bond donors (Lipinski definition) is 0. The third-order valence-corrected chi connectivity index (χ3v) is 4.35. The van der Waals surface area contributed by atoms with Crippen molar-refractivity contribution >= 4 is 5.97 Å². The van der Waals surface area contributed by atoms with Crippen molar-refractivity contribution in [1.82, 2.24) is 0 Å². The van der Waals surface area contributed by atoms with Gasteiger partial charge in [-0.05, 0) is 42.7 Å². The molecule has 0 aromatic heterocycles. The molecule has 0 atom stereocenters. The Kier molecular flexibility index (Phi) is 5.15. The first kappa shape index (κ1) is 17.4. The standard InChI is InChI=1S/C23H19NO2/c1-16-11-12-17(2)19(13-16)15-26-23(25)22-10-6-5-9-21(22)20-8-4-3-7-18(20)14-24/h3-13H,15H2,1-2H3. The largest absolute Gasteiger partial charge is 0.457 e. The lowest BCUT2D eigenvalue weighted by atomic mass is 9.96. The number of rotatable bonds is 4. The third-order valence-electron chi connectivity index (χ3n) is 4.35. The van der Waals surface area contributed by atoms with Gasteiger partial charge >= 0.3 is 5.97 Å². The van der Waals surface area contributed by atoms with Crippen molar-refractivity contribution < 1.29 is 9.53 Å². The summed E-state index contributed by atoms with van der Waals surface area (Å²) in [5.74, 6) is -0.394. The van der Waals surface area contributed by atoms with Crippen LogP contribution in [0.3, 0.4) is 0 Å². The lowest BCUT2D eigenvalue weighted by Gasteiger charge is -2.12. The molecule has 0 heterocycles. The zero-order chi connectivity index (χ0) is 18.5. The summed E-state index contributed by atoms with van der Waals surface area (Å²) < 4.78 is 5.56. The molecule has 3 aromatic carbocycles. The first-order valence-electron chi connectivity index (χ1n) is 8.42. The highest BCUT2D eigenvalue weighted by molar-refractivity contribution is 5.98. The van der Waals surface area contributed by atoms with Crippen molar-refractivity contribution in [3.05, 3.63) is 94.5 Å². The van der Waals surface area contributed by atoms with Crippen LogP contribution in [0, 0.1) is 25.2 Å². The maximum atomic E-state index is 12.7. The number of carbonyl (C=O) groups is 1. The number of aryl methyl sites for hydroxylation is 2. The normalized spacial score (nSPS) is 10.2. The van der Waals surface area contributed by atoms with Crippen LogP contribution in [0.4, 0.5) is 0 Å². The molecule has 0 N–H and O–H groups in total. The zero-order valence-electron chi connectivity index (χ0n) is 14.8. The van der Waals surface area contributed by atoms with Gasteiger partial charge in [-0.2, -0.15) is 5.26 Å². The Hall–Kier alpha value is -3.38. The molecule has 0 aliphatic heterocycles. The fraction of sp³-hybridized carbons (Fsp3) is 0.130. The lowest BCUT2D eigenvalue weighted by molar-refractivity contribution is 0.0473. The molecule has 3 aromatic rings. The van der Waals surface area contributed by atoms with Crippen molar-refractivity contribution in [2.24, 2.45) is 0 Å². The minimum atomic E-state index is -0.394. The molecule has 0 spiro atoms. The maximum Gasteiger partial charge on any atom is 0.339 e. The van der Waals surface area contributed by atoms with E-state index in [-0.39, 0.29) is 6.61 Å². The Morgan fingerprint density at radius 3 is 2.42 bits per heavy atom. The fourth-order valence-corrected chi connectivity index (χ4v) is 2.89. The summed E-state index contributed by atoms with van der Waals surface area (Å²) in [6, 6.07) is 22.7. The van der Waals surface area contributed by atoms with E-state index in [2.05, 4.69) is 6.07 Å². The van der Waals surface area contributed by atoms with E-state index in [0.29, 0.717) is 16.7 Å². The van der Waals surface area contributed by atoms with Crippen LogP contribution in [0.15, 0.2) is 66.7 Å². The second-order valence-electron chi connectivity index (χ2n) is 6.21. The molecular formula is C23H19NO2. The number of ether oxygens (including phenoxy) is 1. The molecular weight excluding hydrogens is 322 g/mol. The summed E-state index contributed by atoms with van der Waals surface area (Å²) >= 11 is 0. The molecule has 0 saturated heterocycles. The zero-order valence-corrected chi connectivity index (χ0v) is 14.8. The monoisotopic (exact) mass is 341 g/mol. The van der Waals surface area contributed by atoms with Crippen molar-refractivity contribution in [2.45, 2.75) is 20.5 Å². The average Bonchev–Trinajstić information content (AvgIpc) is 2.68. The highest BCUT2D eigenvalue weighted by atomic mass is 16.5. The Labute approximate surface area is 153 Å². The second-order valence-corrected chi connectivity index (χ2v) is 6.21. The molecule has 0 radical (unpaired) electrons. The van der Waals surface area contributed by atoms with Crippen LogP contribution in [-0.2, 0) is 11.3 Å². The van der Waals surface area contributed by atoms with Gasteiger partial charge in [-0.1, -0.05) is 60.2 Å². The van der Waals surface area contributed by atoms with Gasteiger partial charge < -0.3 is 4.74 Å². The summed E-state index contributed by atoms with van der Waals surface area (Å²) in [6.45, 7) is 4.24. The van der Waals surface area contributed by atoms with Crippen LogP contribution in [-0.4, -0.2) is 5.97 Å². The smallest absolute Gasteiger partial charge is 0.339 e. The van der Waals surface area contributed by atoms with E-state index in [1.807, 2.05) is 62.4 Å². The SMILES string of the molecule is Cc1ccc(C)c(COC(=O)c2ccccc2-c2ccccc2C#N)c1. The molecule has 3 rings (SSSR count). The maximum absolute atomic E-state index is 12.7. The van der Waals surface area contributed by atoms with E-state index in [1.165, 1.54) is 0 Å². The summed E-state index contributed by atoms with van der Waals surface area (Å²) in [7, 11) is 0. The van der Waals surface area contributed by atoms with E-state index in [4.69, 9.17) is 4.74 Å². The predicted molar refractivity (Wildman–Crippen MR) is 102 cm³/mol. The van der Waals surface area contributed by atoms with Crippen LogP contribution >= 0.6 is 0 Å². The van der Waals surface area contributed by atoms with Crippen molar-refractivity contribution in [3.8, 4) is 17.2 Å². The van der Waals surface area contributed by atoms with Crippen LogP contribution < -0.4 is 0 Å². The molecule has 0 unspecified atom stereocenters. The van der Waals surface area contributed by atoms with Crippen LogP contribution in [0.1, 0.15) is 32.6 Å². The van der Waals surface area contributed by atoms with E-state index >= 15 is 0 Å². The van der Waals surface area contributed by atoms with Crippen LogP contribution in [0.25, 0.3) is 11.1 Å². The average molecular weight is 341 g/mol. The van der Waals surface area contributed by atoms with Crippen LogP contribution in [0.5, 0.6) is 0 Å². The molecule has 3 nitrogen and oxygen atoms in total. The number of carbonyl (C=O) groups excluding carboxylic acids is 1. The highest BCUT2D eigenvalue weighted by Crippen LogP contribution is 2.27. The Bertz CT molecular complexity index is 999. The van der Waals surface area contributed by atoms with Gasteiger partial charge in [-0.15, -0.1) is 0 Å². The van der Waals surface area contributed by atoms with Gasteiger partial charge in [0, 0.05) is 5.56 Å². The third kappa shape index (κ3) is 3.65. The lowest BCUT2D eigenvalue weighted by Crippen LogP contribution is -2.08. The first-order valence-corrected chi connectivity index (χ1v) is 8.42. The van der Waals surface area contributed by atoms with Gasteiger partial charge in [-0.3, -0.25) is 0 Å². The summed E-state index contributed by atoms with van der Waals surface area (Å²) in [6.07, 6.45) is 0. The molecule has 0 aliphatic carbocycles. The van der Waals surface area contributed by atoms with Gasteiger partial charge in [0.1, 0.15) is 6.61 Å². The van der Waals surface area contributed by atoms with Crippen molar-refractivity contribution in [2.75, 3.05) is 0 Å². The highest BCUT2D eigenvalue weighted by Gasteiger charge is 2.16. The quantitative estimate of drug-likeness (QED) is 0.613. The Morgan fingerprint density at radius 1 is 0.962 bits per heavy atom. The topological polar surface area (TPSA) is 50.1 Å². The van der Waals surface area contributed by atoms with E-state index < -0.39 is 5.97 Å². The molecule has 0 aliphatic rings. The molecule has 0 amide bonds. The van der Waals surface area contributed by atoms with E-state index in [0.717, 1.165) is 22.3 Å². The summed E-state index contributed by atoms with van der Waals surface area (Å²) in [4.78, 5) is 12.7. The van der Waals surface area contributed by atoms with E-state index in [9.17, 15) is 10.1 Å². The Morgan fingerprint density at radius 2 is 1.65 bits per heavy atom. The summed E-state index contributed by atoms with van der Waals surface area (Å²) in [5, 5.41) is 9.35. The van der Waals surface area contributed by atoms with Gasteiger partial charge in [0.05, 0.1) is 17.2 Å². The predicted octanol–water partition coefficient (Wildman–Crippen LogP) is 5.20. The molecule has 0 saturated carbocycles. The first-order chi connectivity index (χ1) is 12.6. The molecule has 26 heavy (non-hydrogen) atoms. The second kappa shape index (κ2) is 7.67. The molecule has 0 fully saturated rings. The van der Waals surface area contributed by atoms with Crippen LogP contribution in [0.2, 0.25) is 0 Å². The van der Waals surface area contributed by atoms with Gasteiger partial charge in [0.2, 0.25) is 0 Å². The molecule has 0 bridgehead atoms. The Balaban J connectivity index is 1.89. The number of esters is 1.